The Morgan fingerprint density at radius 3 is 2.33 bits per heavy atom. The molecule has 1 fully saturated rings. The molecule has 1 N–H and O–H groups in total. The van der Waals surface area contributed by atoms with Crippen molar-refractivity contribution in [3.05, 3.63) is 66.7 Å². The van der Waals surface area contributed by atoms with Gasteiger partial charge in [-0.1, -0.05) is 18.2 Å². The van der Waals surface area contributed by atoms with Crippen LogP contribution in [0.15, 0.2) is 61.1 Å². The summed E-state index contributed by atoms with van der Waals surface area (Å²) in [5.74, 6) is 1.01. The van der Waals surface area contributed by atoms with Crippen molar-refractivity contribution in [1.29, 1.82) is 0 Å². The third-order valence-electron chi connectivity index (χ3n) is 4.31. The Balaban J connectivity index is 1.41. The maximum absolute atomic E-state index is 12.8. The van der Waals surface area contributed by atoms with Crippen LogP contribution >= 0.6 is 0 Å². The molecule has 8 heteroatoms. The third kappa shape index (κ3) is 4.00. The number of amides is 1. The maximum atomic E-state index is 12.8. The van der Waals surface area contributed by atoms with Crippen LogP contribution in [-0.2, 0) is 0 Å². The van der Waals surface area contributed by atoms with Crippen LogP contribution < -0.4 is 10.2 Å². The minimum atomic E-state index is -0.0952. The van der Waals surface area contributed by atoms with E-state index in [1.165, 1.54) is 0 Å². The highest BCUT2D eigenvalue weighted by Crippen LogP contribution is 2.14. The normalized spacial score (nSPS) is 14.1. The zero-order valence-corrected chi connectivity index (χ0v) is 14.7. The van der Waals surface area contributed by atoms with Crippen LogP contribution in [0.4, 0.5) is 17.6 Å². The van der Waals surface area contributed by atoms with Gasteiger partial charge in [-0.2, -0.15) is 0 Å². The molecule has 1 aliphatic heterocycles. The average molecular weight is 361 g/mol. The topological polar surface area (TPSA) is 87.1 Å². The fraction of sp³-hybridized carbons (Fsp3) is 0.211. The van der Waals surface area contributed by atoms with Crippen LogP contribution in [0, 0.1) is 0 Å². The van der Waals surface area contributed by atoms with Gasteiger partial charge in [-0.15, -0.1) is 0 Å². The number of carbonyl (C=O) groups excluding carboxylic acids is 1. The lowest BCUT2D eigenvalue weighted by atomic mass is 10.2. The van der Waals surface area contributed by atoms with E-state index < -0.39 is 0 Å². The highest BCUT2D eigenvalue weighted by Gasteiger charge is 2.24. The van der Waals surface area contributed by atoms with E-state index in [1.54, 1.807) is 35.6 Å². The molecule has 2 aromatic heterocycles. The molecule has 8 nitrogen and oxygen atoms in total. The van der Waals surface area contributed by atoms with Gasteiger partial charge in [0.05, 0.1) is 0 Å². The standard InChI is InChI=1S/C19H19N7O/c27-17(25-11-13-26(14-12-25)19-21-8-4-9-22-19)16-7-10-20-18(24-16)23-15-5-2-1-3-6-15/h1-10H,11-14H2,(H,20,23,24). The van der Waals surface area contributed by atoms with E-state index in [9.17, 15) is 4.79 Å². The van der Waals surface area contributed by atoms with Crippen LogP contribution in [-0.4, -0.2) is 56.9 Å². The number of nitrogens with zero attached hydrogens (tertiary/aromatic N) is 6. The second kappa shape index (κ2) is 7.77. The Morgan fingerprint density at radius 2 is 1.59 bits per heavy atom. The molecule has 1 aromatic carbocycles. The predicted molar refractivity (Wildman–Crippen MR) is 102 cm³/mol. The van der Waals surface area contributed by atoms with Crippen molar-refractivity contribution in [3.8, 4) is 0 Å². The van der Waals surface area contributed by atoms with E-state index in [1.807, 2.05) is 30.3 Å². The van der Waals surface area contributed by atoms with E-state index in [-0.39, 0.29) is 5.91 Å². The lowest BCUT2D eigenvalue weighted by molar-refractivity contribution is 0.0740. The molecule has 1 saturated heterocycles. The summed E-state index contributed by atoms with van der Waals surface area (Å²) in [5.41, 5.74) is 1.26. The molecule has 0 aliphatic carbocycles. The first-order valence-corrected chi connectivity index (χ1v) is 8.76. The van der Waals surface area contributed by atoms with Crippen molar-refractivity contribution in [2.45, 2.75) is 0 Å². The number of piperazine rings is 1. The van der Waals surface area contributed by atoms with E-state index in [0.29, 0.717) is 43.8 Å². The lowest BCUT2D eigenvalue weighted by Gasteiger charge is -2.34. The van der Waals surface area contributed by atoms with Gasteiger partial charge in [0.15, 0.2) is 0 Å². The summed E-state index contributed by atoms with van der Waals surface area (Å²) in [6.45, 7) is 2.58. The highest BCUT2D eigenvalue weighted by atomic mass is 16.2. The molecule has 27 heavy (non-hydrogen) atoms. The largest absolute Gasteiger partial charge is 0.337 e. The summed E-state index contributed by atoms with van der Waals surface area (Å²) in [5, 5.41) is 3.11. The zero-order valence-electron chi connectivity index (χ0n) is 14.7. The first kappa shape index (κ1) is 16.9. The summed E-state index contributed by atoms with van der Waals surface area (Å²) in [4.78, 5) is 33.8. The van der Waals surface area contributed by atoms with Crippen molar-refractivity contribution >= 4 is 23.5 Å². The van der Waals surface area contributed by atoms with Gasteiger partial charge in [-0.25, -0.2) is 19.9 Å². The molecule has 0 bridgehead atoms. The molecular formula is C19H19N7O. The second-order valence-corrected chi connectivity index (χ2v) is 6.08. The number of carbonyl (C=O) groups is 1. The van der Waals surface area contributed by atoms with Gasteiger partial charge in [-0.05, 0) is 24.3 Å². The minimum absolute atomic E-state index is 0.0952. The first-order valence-electron chi connectivity index (χ1n) is 8.76. The van der Waals surface area contributed by atoms with Crippen LogP contribution in [0.25, 0.3) is 0 Å². The molecule has 0 radical (unpaired) electrons. The fourth-order valence-electron chi connectivity index (χ4n) is 2.91. The number of anilines is 3. The third-order valence-corrected chi connectivity index (χ3v) is 4.31. The predicted octanol–water partition coefficient (Wildman–Crippen LogP) is 1.97. The molecule has 0 saturated carbocycles. The smallest absolute Gasteiger partial charge is 0.272 e. The number of para-hydroxylation sites is 1. The highest BCUT2D eigenvalue weighted by molar-refractivity contribution is 5.92. The number of nitrogens with one attached hydrogen (secondary N) is 1. The van der Waals surface area contributed by atoms with Crippen LogP contribution in [0.1, 0.15) is 10.5 Å². The molecule has 1 amide bonds. The van der Waals surface area contributed by atoms with Gasteiger partial charge in [0.1, 0.15) is 5.69 Å². The van der Waals surface area contributed by atoms with E-state index >= 15 is 0 Å². The zero-order chi connectivity index (χ0) is 18.5. The second-order valence-electron chi connectivity index (χ2n) is 6.08. The van der Waals surface area contributed by atoms with Crippen molar-refractivity contribution in [2.24, 2.45) is 0 Å². The van der Waals surface area contributed by atoms with Gasteiger partial charge in [0.2, 0.25) is 11.9 Å². The molecular weight excluding hydrogens is 342 g/mol. The summed E-state index contributed by atoms with van der Waals surface area (Å²) >= 11 is 0. The lowest BCUT2D eigenvalue weighted by Crippen LogP contribution is -2.49. The number of rotatable bonds is 4. The molecule has 0 spiro atoms. The molecule has 3 aromatic rings. The van der Waals surface area contributed by atoms with Crippen molar-refractivity contribution in [2.75, 3.05) is 36.4 Å². The Morgan fingerprint density at radius 1 is 0.852 bits per heavy atom. The van der Waals surface area contributed by atoms with Gasteiger partial charge in [-0.3, -0.25) is 4.79 Å². The fourth-order valence-corrected chi connectivity index (χ4v) is 2.91. The summed E-state index contributed by atoms with van der Waals surface area (Å²) in [6, 6.07) is 13.1. The molecule has 136 valence electrons. The van der Waals surface area contributed by atoms with Crippen LogP contribution in [0.3, 0.4) is 0 Å². The van der Waals surface area contributed by atoms with E-state index in [2.05, 4.69) is 30.2 Å². The molecule has 0 atom stereocenters. The number of hydrogen-bond donors (Lipinski definition) is 1. The Kier molecular flexibility index (Phi) is 4.86. The minimum Gasteiger partial charge on any atom is -0.337 e. The van der Waals surface area contributed by atoms with Gasteiger partial charge >= 0.3 is 0 Å². The Labute approximate surface area is 156 Å². The number of aromatic nitrogens is 4. The molecule has 3 heterocycles. The number of benzene rings is 1. The summed E-state index contributed by atoms with van der Waals surface area (Å²) in [7, 11) is 0. The molecule has 1 aliphatic rings. The Hall–Kier alpha value is -3.55. The van der Waals surface area contributed by atoms with E-state index in [0.717, 1.165) is 5.69 Å². The van der Waals surface area contributed by atoms with Gasteiger partial charge in [0, 0.05) is 50.5 Å². The van der Waals surface area contributed by atoms with Crippen molar-refractivity contribution in [3.63, 3.8) is 0 Å². The number of hydrogen-bond acceptors (Lipinski definition) is 7. The van der Waals surface area contributed by atoms with Crippen LogP contribution in [0.5, 0.6) is 0 Å². The maximum Gasteiger partial charge on any atom is 0.272 e. The summed E-state index contributed by atoms with van der Waals surface area (Å²) < 4.78 is 0. The average Bonchev–Trinajstić information content (AvgIpc) is 2.75. The quantitative estimate of drug-likeness (QED) is 0.760. The summed E-state index contributed by atoms with van der Waals surface area (Å²) in [6.07, 6.45) is 5.05. The molecule has 4 rings (SSSR count). The van der Waals surface area contributed by atoms with Crippen LogP contribution in [0.2, 0.25) is 0 Å². The first-order chi connectivity index (χ1) is 13.3. The van der Waals surface area contributed by atoms with Crippen molar-refractivity contribution in [1.82, 2.24) is 24.8 Å². The van der Waals surface area contributed by atoms with Gasteiger partial charge < -0.3 is 15.1 Å². The van der Waals surface area contributed by atoms with Crippen molar-refractivity contribution < 1.29 is 4.79 Å². The molecule has 0 unspecified atom stereocenters. The SMILES string of the molecule is O=C(c1ccnc(Nc2ccccc2)n1)N1CCN(c2ncccn2)CC1. The Bertz CT molecular complexity index is 896. The van der Waals surface area contributed by atoms with E-state index in [4.69, 9.17) is 0 Å². The monoisotopic (exact) mass is 361 g/mol. The van der Waals surface area contributed by atoms with Gasteiger partial charge in [0.25, 0.3) is 5.91 Å².